The highest BCUT2D eigenvalue weighted by atomic mass is 19.1. The molecule has 0 saturated heterocycles. The fourth-order valence-corrected chi connectivity index (χ4v) is 3.62. The third-order valence-electron chi connectivity index (χ3n) is 6.02. The van der Waals surface area contributed by atoms with Crippen molar-refractivity contribution in [3.63, 3.8) is 0 Å². The van der Waals surface area contributed by atoms with E-state index in [1.807, 2.05) is 0 Å². The minimum atomic E-state index is -0.666. The number of hydrogen-bond acceptors (Lipinski definition) is 9. The number of benzene rings is 3. The fraction of sp³-hybridized carbons (Fsp3) is 0.257. The lowest BCUT2D eigenvalue weighted by molar-refractivity contribution is -0.138. The molecule has 0 aliphatic heterocycles. The molecule has 45 heavy (non-hydrogen) atoms. The summed E-state index contributed by atoms with van der Waals surface area (Å²) >= 11 is 0. The van der Waals surface area contributed by atoms with Crippen LogP contribution in [0.3, 0.4) is 0 Å². The van der Waals surface area contributed by atoms with Gasteiger partial charge in [0.1, 0.15) is 23.5 Å². The van der Waals surface area contributed by atoms with Gasteiger partial charge in [-0.05, 0) is 86.2 Å². The second-order valence-electron chi connectivity index (χ2n) is 9.36. The van der Waals surface area contributed by atoms with E-state index in [-0.39, 0.29) is 18.1 Å². The van der Waals surface area contributed by atoms with E-state index in [2.05, 4.69) is 13.2 Å². The summed E-state index contributed by atoms with van der Waals surface area (Å²) in [5.74, 6) is -0.767. The van der Waals surface area contributed by atoms with Gasteiger partial charge in [-0.15, -0.1) is 0 Å². The molecule has 0 saturated carbocycles. The normalized spacial score (nSPS) is 9.91. The van der Waals surface area contributed by atoms with E-state index < -0.39 is 17.8 Å². The summed E-state index contributed by atoms with van der Waals surface area (Å²) in [5.41, 5.74) is 1.50. The summed E-state index contributed by atoms with van der Waals surface area (Å²) < 4.78 is 39.0. The van der Waals surface area contributed by atoms with Gasteiger partial charge in [0.25, 0.3) is 0 Å². The Morgan fingerprint density at radius 2 is 1.38 bits per heavy atom. The maximum Gasteiger partial charge on any atom is 0.335 e. The molecule has 238 valence electrons. The number of rotatable bonds is 17. The topological polar surface area (TPSA) is 114 Å². The van der Waals surface area contributed by atoms with Crippen molar-refractivity contribution in [3.8, 4) is 23.0 Å². The third-order valence-corrected chi connectivity index (χ3v) is 6.02. The molecule has 0 atom stereocenters. The molecule has 0 aliphatic carbocycles. The van der Waals surface area contributed by atoms with E-state index in [1.165, 1.54) is 25.3 Å². The number of esters is 3. The molecular formula is C35H37FO9. The van der Waals surface area contributed by atoms with E-state index in [1.54, 1.807) is 48.5 Å². The van der Waals surface area contributed by atoms with Crippen LogP contribution in [0.15, 0.2) is 92.0 Å². The Bertz CT molecular complexity index is 1400. The Kier molecular flexibility index (Phi) is 16.5. The lowest BCUT2D eigenvalue weighted by atomic mass is 10.1. The standard InChI is InChI=1S/C19H17FO5.C16H20O4/c1-3-18(21)24-14-7-4-13(5-8-14)6-11-19(22)25-17-10-9-15(23-2)12-16(17)20;1-2-16(18)20-12-6-4-3-5-11-19-15-9-7-14(13-17)8-10-15/h3-5,7-10,12H,1,6,11H2,2H3;2,7-10,13H,1,3-6,11-12H2. The van der Waals surface area contributed by atoms with Crippen LogP contribution in [-0.4, -0.2) is 44.5 Å². The predicted octanol–water partition coefficient (Wildman–Crippen LogP) is 6.63. The van der Waals surface area contributed by atoms with E-state index in [0.717, 1.165) is 55.4 Å². The second-order valence-corrected chi connectivity index (χ2v) is 9.36. The second kappa shape index (κ2) is 20.6. The van der Waals surface area contributed by atoms with Crippen LogP contribution in [0, 0.1) is 5.82 Å². The van der Waals surface area contributed by atoms with E-state index in [9.17, 15) is 23.6 Å². The van der Waals surface area contributed by atoms with Gasteiger partial charge in [-0.3, -0.25) is 9.59 Å². The van der Waals surface area contributed by atoms with Gasteiger partial charge < -0.3 is 23.7 Å². The van der Waals surface area contributed by atoms with E-state index in [0.29, 0.717) is 36.7 Å². The average molecular weight is 621 g/mol. The van der Waals surface area contributed by atoms with Crippen molar-refractivity contribution in [1.82, 2.24) is 0 Å². The zero-order valence-corrected chi connectivity index (χ0v) is 25.2. The Morgan fingerprint density at radius 3 is 1.98 bits per heavy atom. The van der Waals surface area contributed by atoms with Crippen molar-refractivity contribution >= 4 is 24.2 Å². The van der Waals surface area contributed by atoms with Crippen molar-refractivity contribution in [2.45, 2.75) is 38.5 Å². The number of aldehydes is 1. The van der Waals surface area contributed by atoms with Crippen LogP contribution in [0.4, 0.5) is 4.39 Å². The van der Waals surface area contributed by atoms with Crippen LogP contribution < -0.4 is 18.9 Å². The number of ether oxygens (including phenoxy) is 5. The molecule has 3 rings (SSSR count). The molecule has 10 heteroatoms. The minimum Gasteiger partial charge on any atom is -0.497 e. The summed E-state index contributed by atoms with van der Waals surface area (Å²) in [4.78, 5) is 44.2. The molecule has 0 amide bonds. The van der Waals surface area contributed by atoms with Gasteiger partial charge in [0, 0.05) is 30.2 Å². The van der Waals surface area contributed by atoms with E-state index in [4.69, 9.17) is 23.7 Å². The molecule has 3 aromatic rings. The van der Waals surface area contributed by atoms with Gasteiger partial charge in [-0.2, -0.15) is 0 Å². The van der Waals surface area contributed by atoms with Gasteiger partial charge in [0.15, 0.2) is 11.6 Å². The molecule has 0 aromatic heterocycles. The first-order chi connectivity index (χ1) is 21.8. The largest absolute Gasteiger partial charge is 0.497 e. The van der Waals surface area contributed by atoms with Gasteiger partial charge in [0.2, 0.25) is 0 Å². The summed E-state index contributed by atoms with van der Waals surface area (Å²) in [5, 5.41) is 0. The Labute approximate surface area is 262 Å². The van der Waals surface area contributed by atoms with Crippen LogP contribution in [0.1, 0.15) is 48.0 Å². The number of halogens is 1. The van der Waals surface area contributed by atoms with Crippen LogP contribution in [0.5, 0.6) is 23.0 Å². The van der Waals surface area contributed by atoms with E-state index >= 15 is 0 Å². The summed E-state index contributed by atoms with van der Waals surface area (Å²) in [6, 6.07) is 17.7. The number of carbonyl (C=O) groups excluding carboxylic acids is 4. The number of aryl methyl sites for hydroxylation is 1. The molecule has 3 aromatic carbocycles. The summed E-state index contributed by atoms with van der Waals surface area (Å²) in [6.07, 6.45) is 7.37. The van der Waals surface area contributed by atoms with Crippen LogP contribution in [-0.2, 0) is 25.5 Å². The Hall–Kier alpha value is -5.25. The molecule has 0 spiro atoms. The van der Waals surface area contributed by atoms with Gasteiger partial charge in [-0.1, -0.05) is 25.3 Å². The van der Waals surface area contributed by atoms with Crippen LogP contribution in [0.2, 0.25) is 0 Å². The highest BCUT2D eigenvalue weighted by Gasteiger charge is 2.11. The number of carbonyl (C=O) groups is 4. The highest BCUT2D eigenvalue weighted by Crippen LogP contribution is 2.23. The maximum atomic E-state index is 13.7. The predicted molar refractivity (Wildman–Crippen MR) is 166 cm³/mol. The van der Waals surface area contributed by atoms with Crippen molar-refractivity contribution in [1.29, 1.82) is 0 Å². The number of unbranched alkanes of at least 4 members (excludes halogenated alkanes) is 3. The highest BCUT2D eigenvalue weighted by molar-refractivity contribution is 5.83. The lowest BCUT2D eigenvalue weighted by Gasteiger charge is -2.07. The average Bonchev–Trinajstić information content (AvgIpc) is 3.06. The van der Waals surface area contributed by atoms with Crippen molar-refractivity contribution in [3.05, 3.63) is 109 Å². The Balaban J connectivity index is 0.000000322. The fourth-order valence-electron chi connectivity index (χ4n) is 3.62. The first-order valence-electron chi connectivity index (χ1n) is 14.2. The van der Waals surface area contributed by atoms with Gasteiger partial charge in [0.05, 0.1) is 20.3 Å². The van der Waals surface area contributed by atoms with Gasteiger partial charge in [-0.25, -0.2) is 14.0 Å². The molecule has 0 radical (unpaired) electrons. The smallest absolute Gasteiger partial charge is 0.335 e. The third kappa shape index (κ3) is 14.7. The molecule has 0 N–H and O–H groups in total. The molecule has 0 fully saturated rings. The first kappa shape index (κ1) is 35.9. The van der Waals surface area contributed by atoms with Gasteiger partial charge >= 0.3 is 17.9 Å². The molecule has 9 nitrogen and oxygen atoms in total. The molecule has 0 bridgehead atoms. The zero-order chi connectivity index (χ0) is 32.9. The molecule has 0 heterocycles. The summed E-state index contributed by atoms with van der Waals surface area (Å²) in [6.45, 7) is 7.73. The minimum absolute atomic E-state index is 0.0806. The molecule has 0 aliphatic rings. The number of hydrogen-bond donors (Lipinski definition) is 0. The SMILES string of the molecule is C=CC(=O)OCCCCCCOc1ccc(C=O)cc1.C=CC(=O)Oc1ccc(CCC(=O)Oc2ccc(OC)cc2F)cc1. The van der Waals surface area contributed by atoms with Crippen LogP contribution >= 0.6 is 0 Å². The van der Waals surface area contributed by atoms with Crippen LogP contribution in [0.25, 0.3) is 0 Å². The lowest BCUT2D eigenvalue weighted by Crippen LogP contribution is -2.10. The molecule has 0 unspecified atom stereocenters. The maximum absolute atomic E-state index is 13.7. The first-order valence-corrected chi connectivity index (χ1v) is 14.2. The summed E-state index contributed by atoms with van der Waals surface area (Å²) in [7, 11) is 1.42. The Morgan fingerprint density at radius 1 is 0.756 bits per heavy atom. The monoisotopic (exact) mass is 620 g/mol. The van der Waals surface area contributed by atoms with Crippen molar-refractivity contribution in [2.75, 3.05) is 20.3 Å². The van der Waals surface area contributed by atoms with Crippen molar-refractivity contribution in [2.24, 2.45) is 0 Å². The molecular weight excluding hydrogens is 583 g/mol. The number of methoxy groups -OCH3 is 1. The van der Waals surface area contributed by atoms with Crippen molar-refractivity contribution < 1.29 is 47.3 Å². The quantitative estimate of drug-likeness (QED) is 0.0539. The zero-order valence-electron chi connectivity index (χ0n) is 25.2.